The number of halogens is 2. The van der Waals surface area contributed by atoms with Gasteiger partial charge in [-0.25, -0.2) is 0 Å². The number of alkyl halides is 2. The number of benzene rings is 2. The second-order valence-corrected chi connectivity index (χ2v) is 5.71. The molecule has 0 aliphatic heterocycles. The lowest BCUT2D eigenvalue weighted by Gasteiger charge is -2.10. The molecule has 0 bridgehead atoms. The van der Waals surface area contributed by atoms with Crippen LogP contribution in [-0.4, -0.2) is 11.5 Å². The number of carbonyl (C=O) groups is 1. The average molecular weight is 317 g/mol. The molecule has 1 unspecified atom stereocenters. The SMILES string of the molecule is N#CC(C(=O)Cc1ccccc1)c1cccc(SC(F)F)c1. The predicted molar refractivity (Wildman–Crippen MR) is 81.8 cm³/mol. The number of carbonyl (C=O) groups excluding carboxylic acids is 1. The van der Waals surface area contributed by atoms with Gasteiger partial charge in [0.1, 0.15) is 5.92 Å². The molecular formula is C17H13F2NOS. The molecule has 1 atom stereocenters. The van der Waals surface area contributed by atoms with Crippen molar-refractivity contribution in [2.75, 3.05) is 0 Å². The molecular weight excluding hydrogens is 304 g/mol. The molecule has 112 valence electrons. The van der Waals surface area contributed by atoms with E-state index in [1.807, 2.05) is 36.4 Å². The Labute approximate surface area is 131 Å². The van der Waals surface area contributed by atoms with E-state index in [1.165, 1.54) is 12.1 Å². The lowest BCUT2D eigenvalue weighted by molar-refractivity contribution is -0.118. The average Bonchev–Trinajstić information content (AvgIpc) is 2.48. The fourth-order valence-electron chi connectivity index (χ4n) is 2.10. The van der Waals surface area contributed by atoms with Crippen LogP contribution in [0.5, 0.6) is 0 Å². The van der Waals surface area contributed by atoms with Gasteiger partial charge in [-0.2, -0.15) is 14.0 Å². The van der Waals surface area contributed by atoms with E-state index in [-0.39, 0.29) is 12.2 Å². The Kier molecular flexibility index (Phi) is 5.68. The molecule has 0 N–H and O–H groups in total. The van der Waals surface area contributed by atoms with Crippen LogP contribution in [0.4, 0.5) is 8.78 Å². The minimum atomic E-state index is -2.53. The van der Waals surface area contributed by atoms with Gasteiger partial charge in [-0.3, -0.25) is 4.79 Å². The molecule has 0 saturated carbocycles. The topological polar surface area (TPSA) is 40.9 Å². The number of Topliss-reactive ketones (excluding diaryl/α,β-unsaturated/α-hetero) is 1. The van der Waals surface area contributed by atoms with Crippen LogP contribution >= 0.6 is 11.8 Å². The van der Waals surface area contributed by atoms with Gasteiger partial charge in [0.2, 0.25) is 0 Å². The second kappa shape index (κ2) is 7.71. The Bertz CT molecular complexity index is 683. The third kappa shape index (κ3) is 4.40. The summed E-state index contributed by atoms with van der Waals surface area (Å²) in [6.07, 6.45) is 0.144. The second-order valence-electron chi connectivity index (χ2n) is 4.64. The smallest absolute Gasteiger partial charge is 0.288 e. The Hall–Kier alpha value is -2.19. The number of ketones is 1. The van der Waals surface area contributed by atoms with Crippen LogP contribution in [0.1, 0.15) is 17.0 Å². The summed E-state index contributed by atoms with van der Waals surface area (Å²) in [6, 6.07) is 17.3. The molecule has 0 aromatic heterocycles. The molecule has 2 nitrogen and oxygen atoms in total. The number of nitrogens with zero attached hydrogens (tertiary/aromatic N) is 1. The number of hydrogen-bond acceptors (Lipinski definition) is 3. The number of rotatable bonds is 6. The summed E-state index contributed by atoms with van der Waals surface area (Å²) in [7, 11) is 0. The molecule has 0 saturated heterocycles. The van der Waals surface area contributed by atoms with Gasteiger partial charge in [0.05, 0.1) is 6.07 Å². The van der Waals surface area contributed by atoms with Crippen LogP contribution in [-0.2, 0) is 11.2 Å². The highest BCUT2D eigenvalue weighted by atomic mass is 32.2. The highest BCUT2D eigenvalue weighted by Gasteiger charge is 2.21. The van der Waals surface area contributed by atoms with Gasteiger partial charge in [0, 0.05) is 11.3 Å². The largest absolute Gasteiger partial charge is 0.297 e. The summed E-state index contributed by atoms with van der Waals surface area (Å²) in [6.45, 7) is 0. The van der Waals surface area contributed by atoms with Gasteiger partial charge in [-0.1, -0.05) is 54.2 Å². The van der Waals surface area contributed by atoms with Gasteiger partial charge >= 0.3 is 0 Å². The molecule has 0 aliphatic carbocycles. The molecule has 2 rings (SSSR count). The van der Waals surface area contributed by atoms with Crippen LogP contribution in [0.2, 0.25) is 0 Å². The van der Waals surface area contributed by atoms with E-state index in [2.05, 4.69) is 0 Å². The standard InChI is InChI=1S/C17H13F2NOS/c18-17(19)22-14-8-4-7-13(10-14)15(11-20)16(21)9-12-5-2-1-3-6-12/h1-8,10,15,17H,9H2. The fraction of sp³-hybridized carbons (Fsp3) is 0.176. The molecule has 5 heteroatoms. The molecule has 2 aromatic carbocycles. The maximum atomic E-state index is 12.4. The van der Waals surface area contributed by atoms with E-state index in [1.54, 1.807) is 12.1 Å². The van der Waals surface area contributed by atoms with E-state index >= 15 is 0 Å². The van der Waals surface area contributed by atoms with Crippen molar-refractivity contribution < 1.29 is 13.6 Å². The zero-order valence-corrected chi connectivity index (χ0v) is 12.4. The van der Waals surface area contributed by atoms with Gasteiger partial charge in [0.25, 0.3) is 5.76 Å². The van der Waals surface area contributed by atoms with Crippen LogP contribution < -0.4 is 0 Å². The highest BCUT2D eigenvalue weighted by molar-refractivity contribution is 7.99. The number of hydrogen-bond donors (Lipinski definition) is 0. The van der Waals surface area contributed by atoms with Crippen molar-refractivity contribution >= 4 is 17.5 Å². The van der Waals surface area contributed by atoms with Crippen LogP contribution in [0.25, 0.3) is 0 Å². The van der Waals surface area contributed by atoms with Gasteiger partial charge in [-0.05, 0) is 23.3 Å². The Morgan fingerprint density at radius 2 is 1.86 bits per heavy atom. The van der Waals surface area contributed by atoms with Crippen molar-refractivity contribution in [1.82, 2.24) is 0 Å². The van der Waals surface area contributed by atoms with Gasteiger partial charge < -0.3 is 0 Å². The highest BCUT2D eigenvalue weighted by Crippen LogP contribution is 2.28. The summed E-state index contributed by atoms with van der Waals surface area (Å²) < 4.78 is 24.8. The van der Waals surface area contributed by atoms with Gasteiger partial charge in [0.15, 0.2) is 5.78 Å². The quantitative estimate of drug-likeness (QED) is 0.741. The lowest BCUT2D eigenvalue weighted by Crippen LogP contribution is -2.13. The van der Waals surface area contributed by atoms with Gasteiger partial charge in [-0.15, -0.1) is 0 Å². The van der Waals surface area contributed by atoms with Crippen molar-refractivity contribution in [1.29, 1.82) is 5.26 Å². The van der Waals surface area contributed by atoms with E-state index in [0.717, 1.165) is 5.56 Å². The predicted octanol–water partition coefficient (Wildman–Crippen LogP) is 4.42. The Morgan fingerprint density at radius 1 is 1.14 bits per heavy atom. The first-order valence-corrected chi connectivity index (χ1v) is 7.49. The van der Waals surface area contributed by atoms with Crippen molar-refractivity contribution in [3.05, 3.63) is 65.7 Å². The van der Waals surface area contributed by atoms with Crippen molar-refractivity contribution in [2.24, 2.45) is 0 Å². The van der Waals surface area contributed by atoms with E-state index in [9.17, 15) is 18.8 Å². The van der Waals surface area contributed by atoms with Crippen molar-refractivity contribution in [3.8, 4) is 6.07 Å². The lowest BCUT2D eigenvalue weighted by atomic mass is 9.92. The molecule has 22 heavy (non-hydrogen) atoms. The third-order valence-electron chi connectivity index (χ3n) is 3.09. The first-order chi connectivity index (χ1) is 10.6. The zero-order valence-electron chi connectivity index (χ0n) is 11.6. The Morgan fingerprint density at radius 3 is 2.50 bits per heavy atom. The third-order valence-corrected chi connectivity index (χ3v) is 3.79. The first kappa shape index (κ1) is 16.2. The molecule has 0 spiro atoms. The van der Waals surface area contributed by atoms with Crippen LogP contribution in [0, 0.1) is 11.3 Å². The molecule has 0 aliphatic rings. The van der Waals surface area contributed by atoms with Crippen molar-refractivity contribution in [3.63, 3.8) is 0 Å². The van der Waals surface area contributed by atoms with Crippen LogP contribution in [0.15, 0.2) is 59.5 Å². The van der Waals surface area contributed by atoms with E-state index in [4.69, 9.17) is 0 Å². The van der Waals surface area contributed by atoms with E-state index in [0.29, 0.717) is 22.2 Å². The summed E-state index contributed by atoms with van der Waals surface area (Å²) in [5.74, 6) is -3.72. The molecule has 0 fully saturated rings. The number of nitriles is 1. The minimum absolute atomic E-state index is 0.144. The maximum Gasteiger partial charge on any atom is 0.288 e. The molecule has 0 amide bonds. The Balaban J connectivity index is 2.17. The molecule has 0 heterocycles. The first-order valence-electron chi connectivity index (χ1n) is 6.61. The monoisotopic (exact) mass is 317 g/mol. The maximum absolute atomic E-state index is 12.4. The summed E-state index contributed by atoms with van der Waals surface area (Å²) in [4.78, 5) is 12.6. The fourth-order valence-corrected chi connectivity index (χ4v) is 2.67. The number of thioether (sulfide) groups is 1. The van der Waals surface area contributed by atoms with E-state index < -0.39 is 11.7 Å². The summed E-state index contributed by atoms with van der Waals surface area (Å²) in [5.41, 5.74) is 1.28. The summed E-state index contributed by atoms with van der Waals surface area (Å²) >= 11 is 0.402. The summed E-state index contributed by atoms with van der Waals surface area (Å²) in [5, 5.41) is 9.27. The molecule has 0 radical (unpaired) electrons. The molecule has 2 aromatic rings. The minimum Gasteiger partial charge on any atom is -0.297 e. The van der Waals surface area contributed by atoms with Crippen LogP contribution in [0.3, 0.4) is 0 Å². The zero-order chi connectivity index (χ0) is 15.9. The van der Waals surface area contributed by atoms with Crippen molar-refractivity contribution in [2.45, 2.75) is 23.0 Å². The normalized spacial score (nSPS) is 11.9.